The quantitative estimate of drug-likeness (QED) is 0.251. The van der Waals surface area contributed by atoms with Gasteiger partial charge in [0.2, 0.25) is 0 Å². The predicted molar refractivity (Wildman–Crippen MR) is 163 cm³/mol. The maximum absolute atomic E-state index is 13.7. The van der Waals surface area contributed by atoms with E-state index in [1.807, 2.05) is 49.6 Å². The number of fused-ring (bicyclic) bond motifs is 2. The summed E-state index contributed by atoms with van der Waals surface area (Å²) in [5.41, 5.74) is 7.56. The van der Waals surface area contributed by atoms with Gasteiger partial charge in [-0.3, -0.25) is 19.7 Å². The Labute approximate surface area is 245 Å². The molecule has 1 fully saturated rings. The summed E-state index contributed by atoms with van der Waals surface area (Å²) in [5, 5.41) is 0.877. The minimum atomic E-state index is -0.689. The van der Waals surface area contributed by atoms with Crippen LogP contribution < -0.4 is 0 Å². The zero-order valence-electron chi connectivity index (χ0n) is 24.0. The molecule has 7 nitrogen and oxygen atoms in total. The number of aromatic nitrogens is 1. The molecule has 1 saturated heterocycles. The van der Waals surface area contributed by atoms with Crippen molar-refractivity contribution in [2.75, 3.05) is 26.8 Å². The number of carbonyl (C=O) groups excluding carboxylic acids is 2. The smallest absolute Gasteiger partial charge is 0.336 e. The first-order chi connectivity index (χ1) is 20.4. The van der Waals surface area contributed by atoms with Gasteiger partial charge in [-0.1, -0.05) is 72.3 Å². The molecule has 0 amide bonds. The third-order valence-electron chi connectivity index (χ3n) is 8.02. The Kier molecular flexibility index (Phi) is 7.68. The summed E-state index contributed by atoms with van der Waals surface area (Å²) in [6.07, 6.45) is 1.86. The van der Waals surface area contributed by atoms with Crippen LogP contribution in [0.2, 0.25) is 0 Å². The van der Waals surface area contributed by atoms with Gasteiger partial charge < -0.3 is 9.47 Å². The highest BCUT2D eigenvalue weighted by molar-refractivity contribution is 6.12. The lowest BCUT2D eigenvalue weighted by molar-refractivity contribution is -0.142. The standard InChI is InChI=1S/C35H33N3O4/c1-22-12-14-25(15-13-22)26-18-28-27(10-7-11-29(28)36-19-26)32-31(23(2)37-30-21-42-35(40)33(30)32)34(39)41-17-16-38(3)20-24-8-5-4-6-9-24/h4-15,18-19,32-33H,16-17,20-21H2,1-3H3. The van der Waals surface area contributed by atoms with E-state index in [0.717, 1.165) is 34.1 Å². The molecule has 3 heterocycles. The second-order valence-corrected chi connectivity index (χ2v) is 11.0. The molecule has 0 saturated carbocycles. The van der Waals surface area contributed by atoms with Crippen molar-refractivity contribution in [3.63, 3.8) is 0 Å². The maximum Gasteiger partial charge on any atom is 0.336 e. The van der Waals surface area contributed by atoms with Crippen LogP contribution in [0.1, 0.15) is 29.5 Å². The van der Waals surface area contributed by atoms with Crippen LogP contribution in [0, 0.1) is 12.8 Å². The number of likely N-dealkylation sites (N-methyl/N-ethyl adjacent to an activating group) is 1. The third kappa shape index (κ3) is 5.48. The number of benzene rings is 3. The molecule has 2 aliphatic heterocycles. The monoisotopic (exact) mass is 559 g/mol. The van der Waals surface area contributed by atoms with Gasteiger partial charge in [0.1, 0.15) is 19.1 Å². The van der Waals surface area contributed by atoms with Crippen LogP contribution in [-0.4, -0.2) is 54.3 Å². The largest absolute Gasteiger partial charge is 0.461 e. The molecule has 2 aliphatic rings. The van der Waals surface area contributed by atoms with Gasteiger partial charge in [0, 0.05) is 41.9 Å². The summed E-state index contributed by atoms with van der Waals surface area (Å²) < 4.78 is 11.3. The molecule has 42 heavy (non-hydrogen) atoms. The molecular formula is C35H33N3O4. The normalized spacial score (nSPS) is 18.2. The fourth-order valence-corrected chi connectivity index (χ4v) is 5.86. The number of hydrogen-bond donors (Lipinski definition) is 0. The molecule has 0 spiro atoms. The maximum atomic E-state index is 13.7. The zero-order valence-corrected chi connectivity index (χ0v) is 24.0. The van der Waals surface area contributed by atoms with Gasteiger partial charge >= 0.3 is 11.9 Å². The number of cyclic esters (lactones) is 1. The van der Waals surface area contributed by atoms with Gasteiger partial charge in [-0.2, -0.15) is 0 Å². The molecule has 1 aromatic heterocycles. The van der Waals surface area contributed by atoms with E-state index in [-0.39, 0.29) is 19.2 Å². The number of aryl methyl sites for hydroxylation is 1. The zero-order chi connectivity index (χ0) is 29.2. The Morgan fingerprint density at radius 1 is 0.976 bits per heavy atom. The van der Waals surface area contributed by atoms with Crippen molar-refractivity contribution in [1.29, 1.82) is 0 Å². The van der Waals surface area contributed by atoms with Crippen molar-refractivity contribution in [1.82, 2.24) is 9.88 Å². The van der Waals surface area contributed by atoms with Gasteiger partial charge in [0.25, 0.3) is 0 Å². The summed E-state index contributed by atoms with van der Waals surface area (Å²) in [7, 11) is 1.99. The van der Waals surface area contributed by atoms with E-state index in [0.29, 0.717) is 23.5 Å². The van der Waals surface area contributed by atoms with Crippen molar-refractivity contribution in [2.24, 2.45) is 10.9 Å². The van der Waals surface area contributed by atoms with Crippen molar-refractivity contribution >= 4 is 28.6 Å². The number of carbonyl (C=O) groups is 2. The van der Waals surface area contributed by atoms with Gasteiger partial charge in [-0.15, -0.1) is 0 Å². The molecule has 212 valence electrons. The number of rotatable bonds is 8. The summed E-state index contributed by atoms with van der Waals surface area (Å²) in [6.45, 7) is 5.51. The second kappa shape index (κ2) is 11.7. The van der Waals surface area contributed by atoms with E-state index in [2.05, 4.69) is 59.3 Å². The number of ether oxygens (including phenoxy) is 2. The molecule has 0 radical (unpaired) electrons. The number of nitrogens with zero attached hydrogens (tertiary/aromatic N) is 3. The minimum Gasteiger partial charge on any atom is -0.461 e. The van der Waals surface area contributed by atoms with Crippen LogP contribution in [-0.2, 0) is 25.6 Å². The van der Waals surface area contributed by atoms with Crippen LogP contribution in [0.15, 0.2) is 101 Å². The van der Waals surface area contributed by atoms with E-state index in [4.69, 9.17) is 14.5 Å². The molecule has 4 aromatic rings. The lowest BCUT2D eigenvalue weighted by atomic mass is 9.75. The van der Waals surface area contributed by atoms with Crippen molar-refractivity contribution < 1.29 is 19.1 Å². The molecule has 7 heteroatoms. The SMILES string of the molecule is CC1=C(C(=O)OCCN(C)Cc2ccccc2)C(c2cccc3ncc(-c4ccc(C)cc4)cc23)C2C(=O)OCC2=N1. The number of hydrogen-bond acceptors (Lipinski definition) is 7. The van der Waals surface area contributed by atoms with E-state index in [9.17, 15) is 9.59 Å². The van der Waals surface area contributed by atoms with E-state index < -0.39 is 17.8 Å². The van der Waals surface area contributed by atoms with Crippen LogP contribution in [0.3, 0.4) is 0 Å². The average Bonchev–Trinajstić information content (AvgIpc) is 3.36. The fraction of sp³-hybridized carbons (Fsp3) is 0.257. The van der Waals surface area contributed by atoms with Crippen molar-refractivity contribution in [2.45, 2.75) is 26.3 Å². The number of aliphatic imine (C=N–C) groups is 1. The Balaban J connectivity index is 1.32. The topological polar surface area (TPSA) is 81.1 Å². The molecule has 0 N–H and O–H groups in total. The highest BCUT2D eigenvalue weighted by Crippen LogP contribution is 2.44. The Hall–Kier alpha value is -4.62. The average molecular weight is 560 g/mol. The molecule has 2 unspecified atom stereocenters. The Morgan fingerprint density at radius 3 is 2.55 bits per heavy atom. The Bertz CT molecular complexity index is 1710. The highest BCUT2D eigenvalue weighted by atomic mass is 16.5. The van der Waals surface area contributed by atoms with Crippen molar-refractivity contribution in [3.05, 3.63) is 113 Å². The van der Waals surface area contributed by atoms with Gasteiger partial charge in [0.15, 0.2) is 0 Å². The number of esters is 2. The third-order valence-corrected chi connectivity index (χ3v) is 8.02. The van der Waals surface area contributed by atoms with Crippen LogP contribution >= 0.6 is 0 Å². The first-order valence-electron chi connectivity index (χ1n) is 14.2. The summed E-state index contributed by atoms with van der Waals surface area (Å²) in [6, 6.07) is 26.4. The van der Waals surface area contributed by atoms with Crippen LogP contribution in [0.4, 0.5) is 0 Å². The first kappa shape index (κ1) is 27.5. The second-order valence-electron chi connectivity index (χ2n) is 11.0. The summed E-state index contributed by atoms with van der Waals surface area (Å²) in [5.74, 6) is -2.13. The van der Waals surface area contributed by atoms with Gasteiger partial charge in [-0.05, 0) is 49.7 Å². The van der Waals surface area contributed by atoms with E-state index in [1.54, 1.807) is 6.92 Å². The molecule has 2 atom stereocenters. The van der Waals surface area contributed by atoms with Crippen LogP contribution in [0.5, 0.6) is 0 Å². The molecule has 3 aromatic carbocycles. The lowest BCUT2D eigenvalue weighted by Gasteiger charge is -2.29. The van der Waals surface area contributed by atoms with Crippen LogP contribution in [0.25, 0.3) is 22.0 Å². The summed E-state index contributed by atoms with van der Waals surface area (Å²) in [4.78, 5) is 38.4. The highest BCUT2D eigenvalue weighted by Gasteiger charge is 2.47. The summed E-state index contributed by atoms with van der Waals surface area (Å²) >= 11 is 0. The number of pyridine rings is 1. The first-order valence-corrected chi connectivity index (χ1v) is 14.2. The molecule has 6 rings (SSSR count). The fourth-order valence-electron chi connectivity index (χ4n) is 5.86. The minimum absolute atomic E-state index is 0.127. The predicted octanol–water partition coefficient (Wildman–Crippen LogP) is 5.87. The van der Waals surface area contributed by atoms with Gasteiger partial charge in [-0.25, -0.2) is 4.79 Å². The number of allylic oxidation sites excluding steroid dienone is 1. The molecular weight excluding hydrogens is 526 g/mol. The van der Waals surface area contributed by atoms with E-state index in [1.165, 1.54) is 11.1 Å². The molecule has 0 bridgehead atoms. The van der Waals surface area contributed by atoms with Gasteiger partial charge in [0.05, 0.1) is 16.8 Å². The van der Waals surface area contributed by atoms with E-state index >= 15 is 0 Å². The molecule has 0 aliphatic carbocycles. The Morgan fingerprint density at radius 2 is 1.76 bits per heavy atom. The van der Waals surface area contributed by atoms with Crippen molar-refractivity contribution in [3.8, 4) is 11.1 Å². The lowest BCUT2D eigenvalue weighted by Crippen LogP contribution is -2.33.